The van der Waals surface area contributed by atoms with Crippen molar-refractivity contribution in [2.45, 2.75) is 24.7 Å². The first kappa shape index (κ1) is 21.8. The van der Waals surface area contributed by atoms with Gasteiger partial charge < -0.3 is 9.47 Å². The third-order valence-electron chi connectivity index (χ3n) is 5.33. The van der Waals surface area contributed by atoms with Crippen LogP contribution in [-0.2, 0) is 34.1 Å². The van der Waals surface area contributed by atoms with Crippen LogP contribution in [0.25, 0.3) is 11.0 Å². The van der Waals surface area contributed by atoms with Crippen LogP contribution in [0.3, 0.4) is 0 Å². The van der Waals surface area contributed by atoms with Crippen molar-refractivity contribution in [3.05, 3.63) is 96.1 Å². The maximum Gasteiger partial charge on any atom is 0.242 e. The Bertz CT molecular complexity index is 1320. The first-order chi connectivity index (χ1) is 15.4. The minimum atomic E-state index is -3.60. The minimum Gasteiger partial charge on any atom is -0.336 e. The zero-order chi connectivity index (χ0) is 22.6. The molecule has 0 aliphatic carbocycles. The van der Waals surface area contributed by atoms with Crippen LogP contribution >= 0.6 is 0 Å². The van der Waals surface area contributed by atoms with Gasteiger partial charge in [0.05, 0.1) is 11.0 Å². The summed E-state index contributed by atoms with van der Waals surface area (Å²) in [6.07, 6.45) is 1.83. The number of nitrogens with zero attached hydrogens (tertiary/aromatic N) is 3. The van der Waals surface area contributed by atoms with Crippen LogP contribution in [0.5, 0.6) is 0 Å². The Hall–Kier alpha value is -3.45. The number of imidazole rings is 1. The SMILES string of the molecule is CS(=O)(=O)c1nc2ccccc2n1CC(=O)N(CCc1ccccc1)Cc1ccccc1. The molecule has 0 unspecified atom stereocenters. The second kappa shape index (κ2) is 9.36. The van der Waals surface area contributed by atoms with E-state index in [9.17, 15) is 13.2 Å². The summed E-state index contributed by atoms with van der Waals surface area (Å²) < 4.78 is 26.2. The van der Waals surface area contributed by atoms with Crippen LogP contribution in [0.15, 0.2) is 90.1 Å². The number of hydrogen-bond donors (Lipinski definition) is 0. The lowest BCUT2D eigenvalue weighted by Crippen LogP contribution is -2.35. The smallest absolute Gasteiger partial charge is 0.242 e. The molecule has 0 N–H and O–H groups in total. The predicted molar refractivity (Wildman–Crippen MR) is 125 cm³/mol. The van der Waals surface area contributed by atoms with Gasteiger partial charge in [0, 0.05) is 19.3 Å². The summed E-state index contributed by atoms with van der Waals surface area (Å²) in [5.41, 5.74) is 3.35. The highest BCUT2D eigenvalue weighted by Crippen LogP contribution is 2.20. The maximum absolute atomic E-state index is 13.4. The Morgan fingerprint density at radius 2 is 1.47 bits per heavy atom. The molecule has 0 atom stereocenters. The van der Waals surface area contributed by atoms with E-state index in [-0.39, 0.29) is 17.6 Å². The molecule has 0 saturated heterocycles. The average molecular weight is 448 g/mol. The maximum atomic E-state index is 13.4. The highest BCUT2D eigenvalue weighted by molar-refractivity contribution is 7.90. The van der Waals surface area contributed by atoms with Gasteiger partial charge in [-0.25, -0.2) is 13.4 Å². The van der Waals surface area contributed by atoms with E-state index in [1.54, 1.807) is 23.1 Å². The minimum absolute atomic E-state index is 0.0882. The van der Waals surface area contributed by atoms with E-state index in [0.717, 1.165) is 17.4 Å². The molecule has 1 heterocycles. The van der Waals surface area contributed by atoms with Crippen LogP contribution in [0.1, 0.15) is 11.1 Å². The summed E-state index contributed by atoms with van der Waals surface area (Å²) in [6.45, 7) is 0.885. The molecule has 0 aliphatic heterocycles. The number of carbonyl (C=O) groups is 1. The average Bonchev–Trinajstić information content (AvgIpc) is 3.17. The zero-order valence-electron chi connectivity index (χ0n) is 17.9. The van der Waals surface area contributed by atoms with Crippen molar-refractivity contribution in [1.29, 1.82) is 0 Å². The molecule has 3 aromatic carbocycles. The monoisotopic (exact) mass is 447 g/mol. The van der Waals surface area contributed by atoms with Crippen LogP contribution in [-0.4, -0.2) is 41.6 Å². The molecule has 6 nitrogen and oxygen atoms in total. The predicted octanol–water partition coefficient (Wildman–Crippen LogP) is 3.71. The molecule has 7 heteroatoms. The molecule has 0 bridgehead atoms. The largest absolute Gasteiger partial charge is 0.336 e. The number of rotatable bonds is 8. The number of aromatic nitrogens is 2. The van der Waals surface area contributed by atoms with Gasteiger partial charge in [0.15, 0.2) is 0 Å². The first-order valence-electron chi connectivity index (χ1n) is 10.4. The second-order valence-electron chi connectivity index (χ2n) is 7.78. The van der Waals surface area contributed by atoms with Crippen LogP contribution < -0.4 is 0 Å². The lowest BCUT2D eigenvalue weighted by atomic mass is 10.1. The number of fused-ring (bicyclic) bond motifs is 1. The van der Waals surface area contributed by atoms with Crippen LogP contribution in [0.2, 0.25) is 0 Å². The van der Waals surface area contributed by atoms with E-state index in [0.29, 0.717) is 30.5 Å². The fraction of sp³-hybridized carbons (Fsp3) is 0.200. The van der Waals surface area contributed by atoms with Gasteiger partial charge in [-0.1, -0.05) is 72.8 Å². The fourth-order valence-corrected chi connectivity index (χ4v) is 4.56. The molecule has 0 saturated carbocycles. The quantitative estimate of drug-likeness (QED) is 0.413. The fourth-order valence-electron chi connectivity index (χ4n) is 3.73. The Morgan fingerprint density at radius 1 is 0.875 bits per heavy atom. The van der Waals surface area contributed by atoms with Gasteiger partial charge in [-0.05, 0) is 29.7 Å². The summed E-state index contributed by atoms with van der Waals surface area (Å²) in [5.74, 6) is -0.155. The van der Waals surface area contributed by atoms with Gasteiger partial charge in [-0.2, -0.15) is 0 Å². The van der Waals surface area contributed by atoms with Crippen molar-refractivity contribution in [2.24, 2.45) is 0 Å². The normalized spacial score (nSPS) is 11.5. The Labute approximate surface area is 188 Å². The standard InChI is InChI=1S/C25H25N3O3S/c1-32(30,31)25-26-22-14-8-9-15-23(22)28(25)19-24(29)27(18-21-12-6-3-7-13-21)17-16-20-10-4-2-5-11-20/h2-15H,16-19H2,1H3. The van der Waals surface area contributed by atoms with Gasteiger partial charge in [0.1, 0.15) is 6.54 Å². The summed E-state index contributed by atoms with van der Waals surface area (Å²) >= 11 is 0. The van der Waals surface area contributed by atoms with Crippen molar-refractivity contribution in [1.82, 2.24) is 14.5 Å². The van der Waals surface area contributed by atoms with E-state index in [1.165, 1.54) is 4.57 Å². The molecule has 1 aromatic heterocycles. The van der Waals surface area contributed by atoms with Gasteiger partial charge in [-0.15, -0.1) is 0 Å². The summed E-state index contributed by atoms with van der Waals surface area (Å²) in [7, 11) is -3.60. The lowest BCUT2D eigenvalue weighted by Gasteiger charge is -2.24. The van der Waals surface area contributed by atoms with Gasteiger partial charge in [0.2, 0.25) is 20.9 Å². The topological polar surface area (TPSA) is 72.3 Å². The molecule has 1 amide bonds. The van der Waals surface area contributed by atoms with Crippen LogP contribution in [0, 0.1) is 0 Å². The highest BCUT2D eigenvalue weighted by atomic mass is 32.2. The number of amides is 1. The lowest BCUT2D eigenvalue weighted by molar-refractivity contribution is -0.132. The number of sulfone groups is 1. The van der Waals surface area contributed by atoms with E-state index < -0.39 is 9.84 Å². The van der Waals surface area contributed by atoms with E-state index in [2.05, 4.69) is 4.98 Å². The Kier molecular flexibility index (Phi) is 6.37. The molecular formula is C25H25N3O3S. The molecule has 0 fully saturated rings. The number of hydrogen-bond acceptors (Lipinski definition) is 4. The summed E-state index contributed by atoms with van der Waals surface area (Å²) in [4.78, 5) is 19.5. The number of benzene rings is 3. The van der Waals surface area contributed by atoms with Crippen LogP contribution in [0.4, 0.5) is 0 Å². The molecule has 164 valence electrons. The van der Waals surface area contributed by atoms with Crippen molar-refractivity contribution < 1.29 is 13.2 Å². The Balaban J connectivity index is 1.63. The number of carbonyl (C=O) groups excluding carboxylic acids is 1. The molecule has 32 heavy (non-hydrogen) atoms. The third kappa shape index (κ3) is 5.06. The Morgan fingerprint density at radius 3 is 2.12 bits per heavy atom. The van der Waals surface area contributed by atoms with Crippen molar-refractivity contribution in [3.63, 3.8) is 0 Å². The van der Waals surface area contributed by atoms with Gasteiger partial charge in [0.25, 0.3) is 0 Å². The molecule has 0 radical (unpaired) electrons. The number of para-hydroxylation sites is 2. The van der Waals surface area contributed by atoms with Crippen molar-refractivity contribution >= 4 is 26.8 Å². The van der Waals surface area contributed by atoms with E-state index in [1.807, 2.05) is 66.7 Å². The van der Waals surface area contributed by atoms with E-state index in [4.69, 9.17) is 0 Å². The van der Waals surface area contributed by atoms with E-state index >= 15 is 0 Å². The molecule has 0 spiro atoms. The zero-order valence-corrected chi connectivity index (χ0v) is 18.7. The van der Waals surface area contributed by atoms with Gasteiger partial charge in [-0.3, -0.25) is 4.79 Å². The van der Waals surface area contributed by atoms with Crippen molar-refractivity contribution in [3.8, 4) is 0 Å². The first-order valence-corrected chi connectivity index (χ1v) is 12.3. The summed E-state index contributed by atoms with van der Waals surface area (Å²) in [6, 6.07) is 27.0. The summed E-state index contributed by atoms with van der Waals surface area (Å²) in [5, 5.41) is -0.0882. The molecule has 4 aromatic rings. The molecule has 0 aliphatic rings. The van der Waals surface area contributed by atoms with Gasteiger partial charge >= 0.3 is 0 Å². The molecule has 4 rings (SSSR count). The third-order valence-corrected chi connectivity index (χ3v) is 6.30. The van der Waals surface area contributed by atoms with Crippen molar-refractivity contribution in [2.75, 3.05) is 12.8 Å². The molecular weight excluding hydrogens is 422 g/mol. The second-order valence-corrected chi connectivity index (χ2v) is 9.69. The highest BCUT2D eigenvalue weighted by Gasteiger charge is 2.23.